The zero-order valence-corrected chi connectivity index (χ0v) is 11.8. The van der Waals surface area contributed by atoms with Crippen LogP contribution in [0, 0.1) is 5.41 Å². The van der Waals surface area contributed by atoms with Gasteiger partial charge in [-0.2, -0.15) is 0 Å². The first-order valence-corrected chi connectivity index (χ1v) is 6.39. The lowest BCUT2D eigenvalue weighted by Crippen LogP contribution is -2.22. The third kappa shape index (κ3) is 3.09. The van der Waals surface area contributed by atoms with Crippen LogP contribution in [0.3, 0.4) is 0 Å². The van der Waals surface area contributed by atoms with Crippen molar-refractivity contribution in [3.05, 3.63) is 59.7 Å². The van der Waals surface area contributed by atoms with Crippen LogP contribution in [0.2, 0.25) is 0 Å². The van der Waals surface area contributed by atoms with Crippen molar-refractivity contribution in [1.82, 2.24) is 0 Å². The highest BCUT2D eigenvalue weighted by Crippen LogP contribution is 2.26. The maximum atomic E-state index is 7.69. The topological polar surface area (TPSA) is 62.3 Å². The van der Waals surface area contributed by atoms with Gasteiger partial charge in [-0.05, 0) is 17.7 Å². The number of nitrogens with one attached hydrogen (secondary N) is 1. The Morgan fingerprint density at radius 3 is 2.50 bits per heavy atom. The molecule has 0 spiro atoms. The number of hydrogen-bond acceptors (Lipinski definition) is 3. The van der Waals surface area contributed by atoms with Crippen LogP contribution in [0.4, 0.5) is 5.69 Å². The zero-order chi connectivity index (χ0) is 14.5. The van der Waals surface area contributed by atoms with Gasteiger partial charge in [0.05, 0.1) is 12.8 Å². The van der Waals surface area contributed by atoms with E-state index in [2.05, 4.69) is 17.0 Å². The van der Waals surface area contributed by atoms with E-state index in [1.54, 1.807) is 7.11 Å². The van der Waals surface area contributed by atoms with E-state index in [4.69, 9.17) is 15.9 Å². The molecular formula is C16H19N3O. The van der Waals surface area contributed by atoms with Gasteiger partial charge in [0.25, 0.3) is 0 Å². The fourth-order valence-electron chi connectivity index (χ4n) is 2.12. The fourth-order valence-corrected chi connectivity index (χ4v) is 2.12. The lowest BCUT2D eigenvalue weighted by atomic mass is 10.1. The third-order valence-corrected chi connectivity index (χ3v) is 3.17. The van der Waals surface area contributed by atoms with Gasteiger partial charge in [0, 0.05) is 25.2 Å². The second kappa shape index (κ2) is 6.10. The SMILES string of the molecule is COc1ccc(C(=N)N)c(N(C)Cc2ccccc2)c1. The molecule has 2 rings (SSSR count). The van der Waals surface area contributed by atoms with Crippen LogP contribution in [0.25, 0.3) is 0 Å². The van der Waals surface area contributed by atoms with Crippen LogP contribution < -0.4 is 15.4 Å². The van der Waals surface area contributed by atoms with Crippen molar-refractivity contribution in [2.24, 2.45) is 5.73 Å². The number of benzene rings is 2. The molecule has 0 amide bonds. The summed E-state index contributed by atoms with van der Waals surface area (Å²) < 4.78 is 5.25. The Morgan fingerprint density at radius 1 is 1.20 bits per heavy atom. The van der Waals surface area contributed by atoms with Crippen LogP contribution in [-0.4, -0.2) is 20.0 Å². The average Bonchev–Trinajstić information content (AvgIpc) is 2.47. The molecule has 104 valence electrons. The number of nitrogens with zero attached hydrogens (tertiary/aromatic N) is 1. The normalized spacial score (nSPS) is 10.1. The molecule has 0 atom stereocenters. The van der Waals surface area contributed by atoms with Crippen LogP contribution in [0.5, 0.6) is 5.75 Å². The summed E-state index contributed by atoms with van der Waals surface area (Å²) in [6.45, 7) is 0.744. The average molecular weight is 269 g/mol. The Balaban J connectivity index is 2.32. The van der Waals surface area contributed by atoms with Gasteiger partial charge < -0.3 is 15.4 Å². The molecule has 0 fully saturated rings. The molecule has 4 heteroatoms. The Hall–Kier alpha value is -2.49. The van der Waals surface area contributed by atoms with Gasteiger partial charge in [0.1, 0.15) is 11.6 Å². The monoisotopic (exact) mass is 269 g/mol. The van der Waals surface area contributed by atoms with E-state index in [1.807, 2.05) is 43.4 Å². The molecule has 0 unspecified atom stereocenters. The van der Waals surface area contributed by atoms with Crippen molar-refractivity contribution in [2.75, 3.05) is 19.1 Å². The molecule has 0 radical (unpaired) electrons. The van der Waals surface area contributed by atoms with E-state index < -0.39 is 0 Å². The number of ether oxygens (including phenoxy) is 1. The predicted molar refractivity (Wildman–Crippen MR) is 82.6 cm³/mol. The second-order valence-electron chi connectivity index (χ2n) is 4.64. The Kier molecular flexibility index (Phi) is 4.25. The van der Waals surface area contributed by atoms with Crippen LogP contribution in [0.1, 0.15) is 11.1 Å². The molecule has 0 aliphatic heterocycles. The summed E-state index contributed by atoms with van der Waals surface area (Å²) in [6.07, 6.45) is 0. The number of nitrogen functional groups attached to an aromatic ring is 1. The van der Waals surface area contributed by atoms with E-state index in [0.717, 1.165) is 18.0 Å². The molecule has 0 bridgehead atoms. The minimum atomic E-state index is 0.0579. The molecule has 2 aromatic carbocycles. The highest BCUT2D eigenvalue weighted by molar-refractivity contribution is 6.00. The zero-order valence-electron chi connectivity index (χ0n) is 11.8. The molecule has 0 saturated carbocycles. The smallest absolute Gasteiger partial charge is 0.124 e. The summed E-state index contributed by atoms with van der Waals surface area (Å²) in [5, 5.41) is 7.69. The molecule has 0 aliphatic carbocycles. The van der Waals surface area contributed by atoms with Gasteiger partial charge in [-0.3, -0.25) is 5.41 Å². The molecule has 0 heterocycles. The van der Waals surface area contributed by atoms with E-state index in [0.29, 0.717) is 5.56 Å². The van der Waals surface area contributed by atoms with Crippen molar-refractivity contribution in [3.63, 3.8) is 0 Å². The van der Waals surface area contributed by atoms with E-state index in [1.165, 1.54) is 5.56 Å². The van der Waals surface area contributed by atoms with Gasteiger partial charge in [-0.25, -0.2) is 0 Å². The van der Waals surface area contributed by atoms with Crippen LogP contribution in [0.15, 0.2) is 48.5 Å². The van der Waals surface area contributed by atoms with Crippen molar-refractivity contribution in [3.8, 4) is 5.75 Å². The number of nitrogens with two attached hydrogens (primary N) is 1. The quantitative estimate of drug-likeness (QED) is 0.648. The number of hydrogen-bond donors (Lipinski definition) is 2. The first-order valence-electron chi connectivity index (χ1n) is 6.39. The number of rotatable bonds is 5. The second-order valence-corrected chi connectivity index (χ2v) is 4.64. The number of anilines is 1. The lowest BCUT2D eigenvalue weighted by molar-refractivity contribution is 0.415. The lowest BCUT2D eigenvalue weighted by Gasteiger charge is -2.23. The summed E-state index contributed by atoms with van der Waals surface area (Å²) in [5.74, 6) is 0.812. The molecule has 3 N–H and O–H groups in total. The minimum absolute atomic E-state index is 0.0579. The number of methoxy groups -OCH3 is 1. The molecular weight excluding hydrogens is 250 g/mol. The van der Waals surface area contributed by atoms with Crippen LogP contribution >= 0.6 is 0 Å². The summed E-state index contributed by atoms with van der Waals surface area (Å²) in [6, 6.07) is 15.7. The molecule has 0 saturated heterocycles. The molecule has 2 aromatic rings. The Bertz CT molecular complexity index is 596. The van der Waals surface area contributed by atoms with Crippen molar-refractivity contribution in [1.29, 1.82) is 5.41 Å². The summed E-state index contributed by atoms with van der Waals surface area (Å²) >= 11 is 0. The summed E-state index contributed by atoms with van der Waals surface area (Å²) in [4.78, 5) is 2.06. The summed E-state index contributed by atoms with van der Waals surface area (Å²) in [5.41, 5.74) is 8.46. The van der Waals surface area contributed by atoms with E-state index in [9.17, 15) is 0 Å². The first-order chi connectivity index (χ1) is 9.61. The van der Waals surface area contributed by atoms with Gasteiger partial charge in [-0.1, -0.05) is 30.3 Å². The van der Waals surface area contributed by atoms with Crippen molar-refractivity contribution in [2.45, 2.75) is 6.54 Å². The molecule has 0 aliphatic rings. The highest BCUT2D eigenvalue weighted by Gasteiger charge is 2.11. The number of amidine groups is 1. The van der Waals surface area contributed by atoms with Gasteiger partial charge >= 0.3 is 0 Å². The molecule has 20 heavy (non-hydrogen) atoms. The van der Waals surface area contributed by atoms with E-state index >= 15 is 0 Å². The standard InChI is InChI=1S/C16H19N3O/c1-19(11-12-6-4-3-5-7-12)15-10-13(20-2)8-9-14(15)16(17)18/h3-10H,11H2,1-2H3,(H3,17,18). The van der Waals surface area contributed by atoms with E-state index in [-0.39, 0.29) is 5.84 Å². The van der Waals surface area contributed by atoms with Gasteiger partial charge in [0.15, 0.2) is 0 Å². The van der Waals surface area contributed by atoms with Gasteiger partial charge in [0.2, 0.25) is 0 Å². The first kappa shape index (κ1) is 13.9. The van der Waals surface area contributed by atoms with Crippen LogP contribution in [-0.2, 0) is 6.54 Å². The maximum absolute atomic E-state index is 7.69. The molecule has 4 nitrogen and oxygen atoms in total. The largest absolute Gasteiger partial charge is 0.497 e. The van der Waals surface area contributed by atoms with Crippen molar-refractivity contribution < 1.29 is 4.74 Å². The third-order valence-electron chi connectivity index (χ3n) is 3.17. The highest BCUT2D eigenvalue weighted by atomic mass is 16.5. The predicted octanol–water partition coefficient (Wildman–Crippen LogP) is 2.62. The Labute approximate surface area is 119 Å². The summed E-state index contributed by atoms with van der Waals surface area (Å²) in [7, 11) is 3.61. The molecule has 0 aromatic heterocycles. The maximum Gasteiger partial charge on any atom is 0.124 e. The fraction of sp³-hybridized carbons (Fsp3) is 0.188. The Morgan fingerprint density at radius 2 is 1.90 bits per heavy atom. The van der Waals surface area contributed by atoms with Gasteiger partial charge in [-0.15, -0.1) is 0 Å². The van der Waals surface area contributed by atoms with Crippen molar-refractivity contribution >= 4 is 11.5 Å². The minimum Gasteiger partial charge on any atom is -0.497 e.